The number of benzene rings is 2. The maximum Gasteiger partial charge on any atom is 0.293 e. The van der Waals surface area contributed by atoms with Crippen molar-refractivity contribution in [2.45, 2.75) is 95.7 Å². The van der Waals surface area contributed by atoms with E-state index in [1.807, 2.05) is 44.2 Å². The van der Waals surface area contributed by atoms with Gasteiger partial charge in [0.1, 0.15) is 11.1 Å². The topological polar surface area (TPSA) is 184 Å². The summed E-state index contributed by atoms with van der Waals surface area (Å²) in [5.74, 6) is 0.0379. The van der Waals surface area contributed by atoms with E-state index >= 15 is 0 Å². The molecule has 0 radical (unpaired) electrons. The van der Waals surface area contributed by atoms with E-state index < -0.39 is 6.04 Å². The monoisotopic (exact) mass is 906 g/mol. The van der Waals surface area contributed by atoms with Crippen molar-refractivity contribution in [3.63, 3.8) is 0 Å². The molecule has 3 N–H and O–H groups in total. The number of piperidine rings is 2. The third-order valence-corrected chi connectivity index (χ3v) is 14.5. The summed E-state index contributed by atoms with van der Waals surface area (Å²) >= 11 is 6.61. The van der Waals surface area contributed by atoms with Crippen molar-refractivity contribution >= 4 is 69.3 Å². The van der Waals surface area contributed by atoms with Crippen molar-refractivity contribution in [3.8, 4) is 5.75 Å². The Kier molecular flexibility index (Phi) is 11.4. The molecule has 342 valence electrons. The second-order valence-corrected chi connectivity index (χ2v) is 19.3. The summed E-state index contributed by atoms with van der Waals surface area (Å²) in [5, 5.41) is 9.37. The molecule has 4 saturated heterocycles. The fourth-order valence-electron chi connectivity index (χ4n) is 10.6. The second kappa shape index (κ2) is 17.2. The molecule has 5 fully saturated rings. The Morgan fingerprint density at radius 2 is 1.77 bits per heavy atom. The number of carbonyl (C=O) groups excluding carboxylic acids is 4. The van der Waals surface area contributed by atoms with Crippen LogP contribution in [0.15, 0.2) is 53.5 Å². The summed E-state index contributed by atoms with van der Waals surface area (Å²) in [7, 11) is 1.52. The van der Waals surface area contributed by atoms with Gasteiger partial charge in [-0.1, -0.05) is 11.6 Å². The molecule has 10 rings (SSSR count). The van der Waals surface area contributed by atoms with Crippen molar-refractivity contribution in [1.82, 2.24) is 35.0 Å². The van der Waals surface area contributed by atoms with E-state index in [-0.39, 0.29) is 71.6 Å². The van der Waals surface area contributed by atoms with E-state index in [4.69, 9.17) is 26.1 Å². The zero-order chi connectivity index (χ0) is 45.1. The number of imide groups is 1. The van der Waals surface area contributed by atoms with Gasteiger partial charge in [0.05, 0.1) is 23.9 Å². The van der Waals surface area contributed by atoms with Gasteiger partial charge in [-0.05, 0) is 107 Å². The normalized spacial score (nSPS) is 23.2. The summed E-state index contributed by atoms with van der Waals surface area (Å²) in [5.41, 5.74) is 4.16. The average molecular weight is 907 g/mol. The Hall–Kier alpha value is -5.78. The molecule has 1 atom stereocenters. The summed E-state index contributed by atoms with van der Waals surface area (Å²) in [6.45, 7) is 9.73. The van der Waals surface area contributed by atoms with Gasteiger partial charge in [-0.2, -0.15) is 4.98 Å². The number of halogens is 1. The third-order valence-electron chi connectivity index (χ3n) is 14.2. The van der Waals surface area contributed by atoms with Gasteiger partial charge in [0.15, 0.2) is 18.2 Å². The smallest absolute Gasteiger partial charge is 0.293 e. The van der Waals surface area contributed by atoms with E-state index in [9.17, 15) is 24.0 Å². The molecule has 1 spiro atoms. The molecule has 1 saturated carbocycles. The van der Waals surface area contributed by atoms with Crippen LogP contribution >= 0.6 is 11.6 Å². The number of aromatic nitrogens is 3. The Labute approximate surface area is 381 Å². The van der Waals surface area contributed by atoms with E-state index in [0.29, 0.717) is 41.4 Å². The molecule has 0 bridgehead atoms. The van der Waals surface area contributed by atoms with Crippen molar-refractivity contribution in [2.24, 2.45) is 5.41 Å². The molecule has 17 nitrogen and oxygen atoms in total. The first kappa shape index (κ1) is 43.1. The second-order valence-electron chi connectivity index (χ2n) is 18.9. The number of likely N-dealkylation sites (N-methyl/N-ethyl adjacent to an activating group) is 1. The van der Waals surface area contributed by atoms with Crippen molar-refractivity contribution in [1.29, 1.82) is 0 Å². The molecular weight excluding hydrogens is 852 g/mol. The van der Waals surface area contributed by atoms with Crippen LogP contribution in [0.25, 0.3) is 10.9 Å². The molecule has 0 unspecified atom stereocenters. The lowest BCUT2D eigenvalue weighted by atomic mass is 9.78. The molecule has 18 heteroatoms. The summed E-state index contributed by atoms with van der Waals surface area (Å²) in [6, 6.07) is 13.2. The number of likely N-dealkylation sites (tertiary alicyclic amines) is 1. The summed E-state index contributed by atoms with van der Waals surface area (Å²) in [4.78, 5) is 80.7. The first-order valence-corrected chi connectivity index (χ1v) is 23.2. The average Bonchev–Trinajstić information content (AvgIpc) is 3.85. The van der Waals surface area contributed by atoms with Gasteiger partial charge in [0.25, 0.3) is 17.4 Å². The zero-order valence-electron chi connectivity index (χ0n) is 37.0. The van der Waals surface area contributed by atoms with E-state index in [1.54, 1.807) is 21.7 Å². The number of rotatable bonds is 12. The number of amides is 4. The largest absolute Gasteiger partial charge is 0.478 e. The number of anilines is 4. The summed E-state index contributed by atoms with van der Waals surface area (Å²) in [6.07, 6.45) is 7.78. The van der Waals surface area contributed by atoms with Gasteiger partial charge in [-0.15, -0.1) is 0 Å². The van der Waals surface area contributed by atoms with Gasteiger partial charge in [0, 0.05) is 92.6 Å². The van der Waals surface area contributed by atoms with E-state index in [2.05, 4.69) is 41.7 Å². The first-order chi connectivity index (χ1) is 31.3. The van der Waals surface area contributed by atoms with E-state index in [1.165, 1.54) is 13.5 Å². The molecular formula is C47H55ClN10O7. The Balaban J connectivity index is 0.685. The van der Waals surface area contributed by atoms with E-state index in [0.717, 1.165) is 92.8 Å². The molecule has 5 aliphatic heterocycles. The molecule has 65 heavy (non-hydrogen) atoms. The van der Waals surface area contributed by atoms with Crippen LogP contribution in [0.5, 0.6) is 5.75 Å². The van der Waals surface area contributed by atoms with Crippen LogP contribution in [0.3, 0.4) is 0 Å². The Morgan fingerprint density at radius 1 is 0.969 bits per heavy atom. The predicted octanol–water partition coefficient (Wildman–Crippen LogP) is 4.38. The number of nitrogens with one attached hydrogen (secondary N) is 3. The molecule has 7 heterocycles. The van der Waals surface area contributed by atoms with Crippen molar-refractivity contribution in [2.75, 3.05) is 68.0 Å². The van der Waals surface area contributed by atoms with Crippen LogP contribution in [0, 0.1) is 5.41 Å². The minimum Gasteiger partial charge on any atom is -0.478 e. The maximum atomic E-state index is 13.3. The highest BCUT2D eigenvalue weighted by atomic mass is 35.5. The SMILES string of the molecule is CNC(=O)COc1cc2cc(Nc3nc(N4CCC(OC5CC(N6CCC7(CN(c8ccc9c(c8)CN([C@@H]8CCC(=O)NC8=O)C9=O)C7)C6)C5)CC4)ncc3Cl)ccc2n(C(C)C)c1=O. The minimum absolute atomic E-state index is 0.0969. The maximum absolute atomic E-state index is 13.3. The van der Waals surface area contributed by atoms with Crippen LogP contribution < -0.4 is 36.0 Å². The quantitative estimate of drug-likeness (QED) is 0.171. The number of hydrogen-bond donors (Lipinski definition) is 3. The lowest BCUT2D eigenvalue weighted by Crippen LogP contribution is -2.59. The number of nitrogens with zero attached hydrogens (tertiary/aromatic N) is 7. The molecule has 1 aliphatic carbocycles. The first-order valence-electron chi connectivity index (χ1n) is 22.8. The predicted molar refractivity (Wildman–Crippen MR) is 245 cm³/mol. The minimum atomic E-state index is -0.603. The van der Waals surface area contributed by atoms with Crippen molar-refractivity contribution in [3.05, 3.63) is 75.2 Å². The number of pyridine rings is 1. The Bertz CT molecular complexity index is 2620. The number of ether oxygens (including phenoxy) is 2. The van der Waals surface area contributed by atoms with Crippen LogP contribution in [0.1, 0.15) is 80.8 Å². The van der Waals surface area contributed by atoms with Gasteiger partial charge < -0.3 is 39.4 Å². The summed E-state index contributed by atoms with van der Waals surface area (Å²) < 4.78 is 13.9. The van der Waals surface area contributed by atoms with Gasteiger partial charge >= 0.3 is 0 Å². The van der Waals surface area contributed by atoms with Gasteiger partial charge in [-0.3, -0.25) is 34.2 Å². The number of fused-ring (bicyclic) bond motifs is 2. The Morgan fingerprint density at radius 3 is 2.52 bits per heavy atom. The van der Waals surface area contributed by atoms with Crippen molar-refractivity contribution < 1.29 is 28.7 Å². The molecule has 4 aromatic rings. The molecule has 2 aromatic carbocycles. The molecule has 6 aliphatic rings. The lowest BCUT2D eigenvalue weighted by Gasteiger charge is -2.51. The zero-order valence-corrected chi connectivity index (χ0v) is 37.7. The fraction of sp³-hybridized carbons (Fsp3) is 0.511. The molecule has 4 amide bonds. The standard InChI is InChI=1S/C47H55ClN10O7/c1-27(2)58-37-7-4-30(16-28(37)18-39(45(58)63)64-23-41(60)49-3)51-42-36(48)21-50-46(53-42)54-13-10-33(11-14-54)65-34-19-32(20-34)55-15-12-47(24-55)25-56(26-47)31-5-6-35-29(17-31)22-57(44(35)62)38-8-9-40(59)52-43(38)61/h4-7,16-18,21,27,32-34,38H,8-15,19-20,22-26H2,1-3H3,(H,49,60)(H,50,51,53)(H,52,59,61)/t32?,34?,38-/m1/s1. The highest BCUT2D eigenvalue weighted by molar-refractivity contribution is 6.33. The van der Waals surface area contributed by atoms with Gasteiger partial charge in [-0.25, -0.2) is 4.98 Å². The molecule has 2 aromatic heterocycles. The number of carbonyl (C=O) groups is 4. The lowest BCUT2D eigenvalue weighted by molar-refractivity contribution is -0.137. The van der Waals surface area contributed by atoms with Crippen LogP contribution in [-0.2, 0) is 25.7 Å². The fourth-order valence-corrected chi connectivity index (χ4v) is 10.8. The third kappa shape index (κ3) is 8.38. The van der Waals surface area contributed by atoms with Gasteiger partial charge in [0.2, 0.25) is 17.8 Å². The number of hydrogen-bond acceptors (Lipinski definition) is 13. The highest BCUT2D eigenvalue weighted by Gasteiger charge is 2.51. The van der Waals surface area contributed by atoms with Crippen LogP contribution in [0.2, 0.25) is 5.02 Å². The van der Waals surface area contributed by atoms with Crippen LogP contribution in [-0.4, -0.2) is 125 Å². The highest BCUT2D eigenvalue weighted by Crippen LogP contribution is 2.45. The van der Waals surface area contributed by atoms with Crippen LogP contribution in [0.4, 0.5) is 23.1 Å².